The van der Waals surface area contributed by atoms with Gasteiger partial charge in [0.2, 0.25) is 5.91 Å². The lowest BCUT2D eigenvalue weighted by molar-refractivity contribution is -0.156. The van der Waals surface area contributed by atoms with E-state index >= 15 is 0 Å². The van der Waals surface area contributed by atoms with E-state index in [1.54, 1.807) is 6.26 Å². The normalized spacial score (nSPS) is 19.8. The number of amides is 1. The first-order valence-electron chi connectivity index (χ1n) is 9.01. The second-order valence-corrected chi connectivity index (χ2v) is 7.88. The third-order valence-electron chi connectivity index (χ3n) is 4.78. The van der Waals surface area contributed by atoms with E-state index in [1.165, 1.54) is 17.8 Å². The van der Waals surface area contributed by atoms with E-state index < -0.39 is 18.1 Å². The van der Waals surface area contributed by atoms with E-state index in [-0.39, 0.29) is 41.4 Å². The quantitative estimate of drug-likeness (QED) is 0.423. The van der Waals surface area contributed by atoms with Crippen molar-refractivity contribution in [1.82, 2.24) is 15.3 Å². The molecule has 156 valence electrons. The first-order chi connectivity index (χ1) is 13.8. The van der Waals surface area contributed by atoms with E-state index in [1.807, 2.05) is 30.3 Å². The minimum absolute atomic E-state index is 0.0657. The number of nitrogens with one attached hydrogen (secondary N) is 1. The van der Waals surface area contributed by atoms with Crippen molar-refractivity contribution in [2.24, 2.45) is 5.92 Å². The van der Waals surface area contributed by atoms with Gasteiger partial charge in [0.15, 0.2) is 5.16 Å². The predicted molar refractivity (Wildman–Crippen MR) is 107 cm³/mol. The van der Waals surface area contributed by atoms with Gasteiger partial charge in [-0.15, -0.1) is 0 Å². The van der Waals surface area contributed by atoms with Crippen LogP contribution in [0.4, 0.5) is 19.0 Å². The molecule has 0 spiro atoms. The van der Waals surface area contributed by atoms with Gasteiger partial charge in [-0.2, -0.15) is 13.2 Å². The number of piperidine rings is 1. The monoisotopic (exact) mass is 444 g/mol. The number of aromatic nitrogens is 2. The van der Waals surface area contributed by atoms with Gasteiger partial charge >= 0.3 is 6.18 Å². The summed E-state index contributed by atoms with van der Waals surface area (Å²) in [5, 5.41) is 3.17. The lowest BCUT2D eigenvalue weighted by atomic mass is 9.91. The van der Waals surface area contributed by atoms with Crippen LogP contribution in [0.1, 0.15) is 18.4 Å². The van der Waals surface area contributed by atoms with Crippen molar-refractivity contribution in [2.45, 2.75) is 36.8 Å². The molecule has 0 unspecified atom stereocenters. The van der Waals surface area contributed by atoms with Crippen molar-refractivity contribution < 1.29 is 18.0 Å². The summed E-state index contributed by atoms with van der Waals surface area (Å²) in [6.07, 6.45) is -2.77. The van der Waals surface area contributed by atoms with Crippen LogP contribution in [-0.2, 0) is 11.3 Å². The standard InChI is InChI=1S/C19H20ClF3N4OS/c1-29-18-25-15(20)9-16(26-18)27-11-13(7-8-14(27)19(21,22)23)17(28)24-10-12-5-3-2-4-6-12/h2-6,9,13-14H,7-8,10-11H2,1H3,(H,24,28)/t13-,14-/m1/s1. The lowest BCUT2D eigenvalue weighted by Gasteiger charge is -2.40. The number of hydrogen-bond donors (Lipinski definition) is 1. The van der Waals surface area contributed by atoms with Crippen molar-refractivity contribution in [3.05, 3.63) is 47.1 Å². The number of benzene rings is 1. The number of halogens is 4. The highest BCUT2D eigenvalue weighted by Crippen LogP contribution is 2.37. The fourth-order valence-corrected chi connectivity index (χ4v) is 3.93. The van der Waals surface area contributed by atoms with Crippen molar-refractivity contribution in [3.8, 4) is 0 Å². The van der Waals surface area contributed by atoms with Gasteiger partial charge in [0.05, 0.1) is 5.92 Å². The summed E-state index contributed by atoms with van der Waals surface area (Å²) in [7, 11) is 0. The highest BCUT2D eigenvalue weighted by Gasteiger charge is 2.48. The third kappa shape index (κ3) is 5.54. The molecule has 1 aromatic carbocycles. The first-order valence-corrected chi connectivity index (χ1v) is 10.6. The number of carbonyl (C=O) groups is 1. The number of nitrogens with zero attached hydrogens (tertiary/aromatic N) is 3. The van der Waals surface area contributed by atoms with Gasteiger partial charge in [-0.05, 0) is 24.7 Å². The Morgan fingerprint density at radius 3 is 2.66 bits per heavy atom. The van der Waals surface area contributed by atoms with E-state index in [0.717, 1.165) is 10.5 Å². The summed E-state index contributed by atoms with van der Waals surface area (Å²) in [6.45, 7) is 0.237. The Kier molecular flexibility index (Phi) is 6.89. The van der Waals surface area contributed by atoms with Gasteiger partial charge in [0.25, 0.3) is 0 Å². The molecule has 1 aromatic heterocycles. The molecule has 3 rings (SSSR count). The summed E-state index contributed by atoms with van der Waals surface area (Å²) in [5.41, 5.74) is 0.925. The molecule has 1 amide bonds. The fourth-order valence-electron chi connectivity index (χ4n) is 3.33. The molecule has 1 saturated heterocycles. The van der Waals surface area contributed by atoms with Gasteiger partial charge in [-0.1, -0.05) is 53.7 Å². The summed E-state index contributed by atoms with van der Waals surface area (Å²) < 4.78 is 40.9. The Morgan fingerprint density at radius 1 is 1.28 bits per heavy atom. The number of hydrogen-bond acceptors (Lipinski definition) is 5. The molecule has 5 nitrogen and oxygen atoms in total. The summed E-state index contributed by atoms with van der Waals surface area (Å²) >= 11 is 7.16. The molecule has 2 heterocycles. The van der Waals surface area contributed by atoms with Crippen LogP contribution in [0.2, 0.25) is 5.15 Å². The molecular formula is C19H20ClF3N4OS. The molecule has 2 atom stereocenters. The predicted octanol–water partition coefficient (Wildman–Crippen LogP) is 4.32. The second-order valence-electron chi connectivity index (χ2n) is 6.72. The van der Waals surface area contributed by atoms with Gasteiger partial charge < -0.3 is 10.2 Å². The van der Waals surface area contributed by atoms with Crippen LogP contribution in [0, 0.1) is 5.92 Å². The van der Waals surface area contributed by atoms with Gasteiger partial charge in [-0.25, -0.2) is 9.97 Å². The number of carbonyl (C=O) groups excluding carboxylic acids is 1. The van der Waals surface area contributed by atoms with Crippen molar-refractivity contribution >= 4 is 35.1 Å². The van der Waals surface area contributed by atoms with Crippen LogP contribution in [0.15, 0.2) is 41.6 Å². The molecule has 2 aromatic rings. The van der Waals surface area contributed by atoms with Gasteiger partial charge in [-0.3, -0.25) is 4.79 Å². The number of anilines is 1. The largest absolute Gasteiger partial charge is 0.408 e. The van der Waals surface area contributed by atoms with Crippen molar-refractivity contribution in [2.75, 3.05) is 17.7 Å². The molecule has 0 saturated carbocycles. The fraction of sp³-hybridized carbons (Fsp3) is 0.421. The third-order valence-corrected chi connectivity index (χ3v) is 5.52. The molecule has 29 heavy (non-hydrogen) atoms. The zero-order chi connectivity index (χ0) is 21.0. The van der Waals surface area contributed by atoms with Gasteiger partial charge in [0, 0.05) is 19.2 Å². The van der Waals surface area contributed by atoms with Crippen LogP contribution in [-0.4, -0.2) is 40.9 Å². The molecule has 1 N–H and O–H groups in total. The van der Waals surface area contributed by atoms with Gasteiger partial charge in [0.1, 0.15) is 17.0 Å². The number of alkyl halides is 3. The van der Waals surface area contributed by atoms with Crippen molar-refractivity contribution in [1.29, 1.82) is 0 Å². The Morgan fingerprint density at radius 2 is 2.00 bits per heavy atom. The Bertz CT molecular complexity index is 853. The average Bonchev–Trinajstić information content (AvgIpc) is 2.71. The summed E-state index contributed by atoms with van der Waals surface area (Å²) in [6, 6.07) is 8.93. The molecule has 0 aliphatic carbocycles. The maximum Gasteiger partial charge on any atom is 0.408 e. The Balaban J connectivity index is 1.78. The number of rotatable bonds is 5. The van der Waals surface area contributed by atoms with E-state index in [9.17, 15) is 18.0 Å². The van der Waals surface area contributed by atoms with E-state index in [4.69, 9.17) is 11.6 Å². The summed E-state index contributed by atoms with van der Waals surface area (Å²) in [4.78, 5) is 21.9. The second kappa shape index (κ2) is 9.21. The smallest absolute Gasteiger partial charge is 0.352 e. The molecule has 1 aliphatic rings. The molecule has 1 fully saturated rings. The maximum atomic E-state index is 13.6. The van der Waals surface area contributed by atoms with Crippen LogP contribution < -0.4 is 10.2 Å². The highest BCUT2D eigenvalue weighted by atomic mass is 35.5. The highest BCUT2D eigenvalue weighted by molar-refractivity contribution is 7.98. The van der Waals surface area contributed by atoms with E-state index in [2.05, 4.69) is 15.3 Å². The molecular weight excluding hydrogens is 425 g/mol. The molecule has 10 heteroatoms. The lowest BCUT2D eigenvalue weighted by Crippen LogP contribution is -2.54. The number of thioether (sulfide) groups is 1. The van der Waals surface area contributed by atoms with Crippen LogP contribution >= 0.6 is 23.4 Å². The van der Waals surface area contributed by atoms with Crippen LogP contribution in [0.5, 0.6) is 0 Å². The SMILES string of the molecule is CSc1nc(Cl)cc(N2C[C@H](C(=O)NCc3ccccc3)CC[C@@H]2C(F)(F)F)n1. The minimum atomic E-state index is -4.44. The first kappa shape index (κ1) is 21.7. The molecule has 1 aliphatic heterocycles. The summed E-state index contributed by atoms with van der Waals surface area (Å²) in [5.74, 6) is -0.772. The van der Waals surface area contributed by atoms with Crippen molar-refractivity contribution in [3.63, 3.8) is 0 Å². The zero-order valence-corrected chi connectivity index (χ0v) is 17.2. The average molecular weight is 445 g/mol. The van der Waals surface area contributed by atoms with Crippen LogP contribution in [0.3, 0.4) is 0 Å². The van der Waals surface area contributed by atoms with E-state index in [0.29, 0.717) is 6.54 Å². The molecule has 0 bridgehead atoms. The maximum absolute atomic E-state index is 13.6. The Hall–Kier alpha value is -2.00. The Labute approximate surface area is 176 Å². The van der Waals surface area contributed by atoms with Crippen LogP contribution in [0.25, 0.3) is 0 Å². The topological polar surface area (TPSA) is 58.1 Å². The minimum Gasteiger partial charge on any atom is -0.352 e. The zero-order valence-electron chi connectivity index (χ0n) is 15.6. The molecule has 0 radical (unpaired) electrons.